The Morgan fingerprint density at radius 3 is 2.33 bits per heavy atom. The Bertz CT molecular complexity index is 754. The fraction of sp³-hybridized carbons (Fsp3) is 0.333. The number of likely N-dealkylation sites (N-methyl/N-ethyl adjacent to an activating group) is 1. The summed E-state index contributed by atoms with van der Waals surface area (Å²) in [5.74, 6) is -0.651. The molecule has 1 aromatic heterocycles. The fourth-order valence-corrected chi connectivity index (χ4v) is 2.29. The van der Waals surface area contributed by atoms with Gasteiger partial charge in [0.15, 0.2) is 0 Å². The van der Waals surface area contributed by atoms with Gasteiger partial charge in [0.2, 0.25) is 0 Å². The van der Waals surface area contributed by atoms with Crippen LogP contribution in [0.25, 0.3) is 0 Å². The predicted molar refractivity (Wildman–Crippen MR) is 91.5 cm³/mol. The lowest BCUT2D eigenvalue weighted by molar-refractivity contribution is 0.0730. The molecule has 128 valence electrons. The number of halogens is 1. The van der Waals surface area contributed by atoms with E-state index in [1.807, 2.05) is 19.0 Å². The van der Waals surface area contributed by atoms with E-state index < -0.39 is 5.56 Å². The number of carbonyl (C=O) groups excluding carboxylic acids is 1. The predicted octanol–water partition coefficient (Wildman–Crippen LogP) is 2.03. The molecule has 1 heterocycles. The van der Waals surface area contributed by atoms with Crippen LogP contribution in [0.5, 0.6) is 0 Å². The molecule has 24 heavy (non-hydrogen) atoms. The SMILES string of the molecule is Cc1ccc(C(=O)N(CCN(C)C)Cc2ccc(F)cc2)c(=O)[nH]1. The molecular formula is C18H22FN3O2. The highest BCUT2D eigenvalue weighted by Crippen LogP contribution is 2.10. The lowest BCUT2D eigenvalue weighted by atomic mass is 10.1. The van der Waals surface area contributed by atoms with Crippen LogP contribution in [0.3, 0.4) is 0 Å². The molecule has 0 aliphatic heterocycles. The molecule has 0 aliphatic carbocycles. The topological polar surface area (TPSA) is 56.4 Å². The number of aromatic nitrogens is 1. The number of carbonyl (C=O) groups is 1. The van der Waals surface area contributed by atoms with E-state index in [0.717, 1.165) is 5.56 Å². The van der Waals surface area contributed by atoms with Crippen LogP contribution in [0.4, 0.5) is 4.39 Å². The van der Waals surface area contributed by atoms with Crippen LogP contribution in [-0.4, -0.2) is 47.9 Å². The number of benzene rings is 1. The lowest BCUT2D eigenvalue weighted by Crippen LogP contribution is -2.38. The van der Waals surface area contributed by atoms with E-state index in [1.165, 1.54) is 12.1 Å². The Hall–Kier alpha value is -2.47. The molecule has 5 nitrogen and oxygen atoms in total. The first-order valence-corrected chi connectivity index (χ1v) is 7.75. The number of amides is 1. The van der Waals surface area contributed by atoms with Crippen molar-refractivity contribution >= 4 is 5.91 Å². The molecule has 0 saturated heterocycles. The van der Waals surface area contributed by atoms with Gasteiger partial charge in [-0.25, -0.2) is 4.39 Å². The molecule has 0 aliphatic rings. The third-order valence-corrected chi connectivity index (χ3v) is 3.68. The van der Waals surface area contributed by atoms with Gasteiger partial charge in [-0.15, -0.1) is 0 Å². The largest absolute Gasteiger partial charge is 0.333 e. The number of hydrogen-bond acceptors (Lipinski definition) is 3. The number of nitrogens with zero attached hydrogens (tertiary/aromatic N) is 2. The zero-order valence-electron chi connectivity index (χ0n) is 14.2. The Kier molecular flexibility index (Phi) is 5.87. The van der Waals surface area contributed by atoms with Gasteiger partial charge in [0.1, 0.15) is 11.4 Å². The molecule has 0 saturated carbocycles. The second-order valence-corrected chi connectivity index (χ2v) is 6.04. The Balaban J connectivity index is 2.25. The average molecular weight is 331 g/mol. The minimum atomic E-state index is -0.394. The summed E-state index contributed by atoms with van der Waals surface area (Å²) in [5.41, 5.74) is 1.23. The van der Waals surface area contributed by atoms with Crippen molar-refractivity contribution in [3.05, 3.63) is 69.4 Å². The van der Waals surface area contributed by atoms with E-state index in [4.69, 9.17) is 0 Å². The van der Waals surface area contributed by atoms with Gasteiger partial charge in [-0.3, -0.25) is 9.59 Å². The third kappa shape index (κ3) is 4.76. The standard InChI is InChI=1S/C18H22FN3O2/c1-13-4-9-16(17(23)20-13)18(24)22(11-10-21(2)3)12-14-5-7-15(19)8-6-14/h4-9H,10-12H2,1-3H3,(H,20,23). The van der Waals surface area contributed by atoms with Gasteiger partial charge in [-0.1, -0.05) is 12.1 Å². The molecule has 2 rings (SSSR count). The Labute approximate surface area is 140 Å². The highest BCUT2D eigenvalue weighted by Gasteiger charge is 2.19. The first kappa shape index (κ1) is 17.9. The van der Waals surface area contributed by atoms with Crippen LogP contribution in [0.2, 0.25) is 0 Å². The fourth-order valence-electron chi connectivity index (χ4n) is 2.29. The van der Waals surface area contributed by atoms with Gasteiger partial charge in [0.25, 0.3) is 11.5 Å². The zero-order chi connectivity index (χ0) is 17.7. The van der Waals surface area contributed by atoms with Crippen molar-refractivity contribution in [2.75, 3.05) is 27.2 Å². The maximum Gasteiger partial charge on any atom is 0.260 e. The average Bonchev–Trinajstić information content (AvgIpc) is 2.52. The summed E-state index contributed by atoms with van der Waals surface area (Å²) in [7, 11) is 3.83. The molecule has 1 N–H and O–H groups in total. The molecule has 0 spiro atoms. The highest BCUT2D eigenvalue weighted by molar-refractivity contribution is 5.93. The second-order valence-electron chi connectivity index (χ2n) is 6.04. The quantitative estimate of drug-likeness (QED) is 0.881. The molecule has 0 atom stereocenters. The van der Waals surface area contributed by atoms with Crippen molar-refractivity contribution in [3.8, 4) is 0 Å². The van der Waals surface area contributed by atoms with E-state index in [0.29, 0.717) is 25.3 Å². The molecule has 1 amide bonds. The van der Waals surface area contributed by atoms with E-state index in [-0.39, 0.29) is 17.3 Å². The maximum atomic E-state index is 13.1. The first-order chi connectivity index (χ1) is 11.4. The van der Waals surface area contributed by atoms with Crippen LogP contribution in [0.15, 0.2) is 41.2 Å². The molecule has 1 aromatic carbocycles. The van der Waals surface area contributed by atoms with Crippen LogP contribution in [0.1, 0.15) is 21.6 Å². The summed E-state index contributed by atoms with van der Waals surface area (Å²) in [5, 5.41) is 0. The van der Waals surface area contributed by atoms with Gasteiger partial charge < -0.3 is 14.8 Å². The molecule has 0 unspecified atom stereocenters. The smallest absolute Gasteiger partial charge is 0.260 e. The monoisotopic (exact) mass is 331 g/mol. The van der Waals surface area contributed by atoms with Crippen molar-refractivity contribution < 1.29 is 9.18 Å². The van der Waals surface area contributed by atoms with Gasteiger partial charge in [0, 0.05) is 25.3 Å². The molecule has 0 radical (unpaired) electrons. The Morgan fingerprint density at radius 1 is 1.08 bits per heavy atom. The summed E-state index contributed by atoms with van der Waals surface area (Å²) in [6.45, 7) is 3.21. The molecule has 0 fully saturated rings. The van der Waals surface area contributed by atoms with Crippen molar-refractivity contribution in [1.82, 2.24) is 14.8 Å². The van der Waals surface area contributed by atoms with Crippen LogP contribution < -0.4 is 5.56 Å². The molecule has 2 aromatic rings. The van der Waals surface area contributed by atoms with Crippen LogP contribution >= 0.6 is 0 Å². The van der Waals surface area contributed by atoms with E-state index in [9.17, 15) is 14.0 Å². The van der Waals surface area contributed by atoms with Crippen molar-refractivity contribution in [3.63, 3.8) is 0 Å². The zero-order valence-corrected chi connectivity index (χ0v) is 14.2. The Morgan fingerprint density at radius 2 is 1.75 bits per heavy atom. The van der Waals surface area contributed by atoms with E-state index in [1.54, 1.807) is 36.1 Å². The number of rotatable bonds is 6. The summed E-state index contributed by atoms with van der Waals surface area (Å²) in [4.78, 5) is 31.0. The molecular weight excluding hydrogens is 309 g/mol. The third-order valence-electron chi connectivity index (χ3n) is 3.68. The van der Waals surface area contributed by atoms with E-state index >= 15 is 0 Å². The lowest BCUT2D eigenvalue weighted by Gasteiger charge is -2.24. The highest BCUT2D eigenvalue weighted by atomic mass is 19.1. The minimum absolute atomic E-state index is 0.112. The summed E-state index contributed by atoms with van der Waals surface area (Å²) >= 11 is 0. The number of hydrogen-bond donors (Lipinski definition) is 1. The van der Waals surface area contributed by atoms with Gasteiger partial charge in [-0.2, -0.15) is 0 Å². The van der Waals surface area contributed by atoms with Crippen LogP contribution in [-0.2, 0) is 6.54 Å². The number of pyridine rings is 1. The number of aromatic amines is 1. The van der Waals surface area contributed by atoms with Gasteiger partial charge in [-0.05, 0) is 50.8 Å². The number of nitrogens with one attached hydrogen (secondary N) is 1. The normalized spacial score (nSPS) is 10.9. The summed E-state index contributed by atoms with van der Waals surface area (Å²) in [6.07, 6.45) is 0. The maximum absolute atomic E-state index is 13.1. The van der Waals surface area contributed by atoms with Crippen molar-refractivity contribution in [2.24, 2.45) is 0 Å². The van der Waals surface area contributed by atoms with Crippen LogP contribution in [0, 0.1) is 12.7 Å². The van der Waals surface area contributed by atoms with Gasteiger partial charge in [0.05, 0.1) is 0 Å². The molecule has 6 heteroatoms. The molecule has 0 bridgehead atoms. The first-order valence-electron chi connectivity index (χ1n) is 7.75. The second kappa shape index (κ2) is 7.88. The minimum Gasteiger partial charge on any atom is -0.333 e. The van der Waals surface area contributed by atoms with Crippen molar-refractivity contribution in [2.45, 2.75) is 13.5 Å². The number of aryl methyl sites for hydroxylation is 1. The summed E-state index contributed by atoms with van der Waals surface area (Å²) < 4.78 is 13.1. The van der Waals surface area contributed by atoms with Gasteiger partial charge >= 0.3 is 0 Å². The van der Waals surface area contributed by atoms with Crippen molar-refractivity contribution in [1.29, 1.82) is 0 Å². The summed E-state index contributed by atoms with van der Waals surface area (Å²) in [6, 6.07) is 9.26. The number of H-pyrrole nitrogens is 1. The van der Waals surface area contributed by atoms with E-state index in [2.05, 4.69) is 4.98 Å².